The number of hydrogen-bond donors (Lipinski definition) is 2. The Kier molecular flexibility index (Phi) is 6.07. The number of benzene rings is 1. The van der Waals surface area contributed by atoms with Crippen molar-refractivity contribution in [3.8, 4) is 17.4 Å². The fourth-order valence-corrected chi connectivity index (χ4v) is 3.08. The standard InChI is InChI=1S/C20H25N3O3/c1-14-11-16(8-10-21-14)20(24)23-13-15-7-9-22-19(12-15)26-18-5-3-17(25-2)4-6-18/h3-7,9,12,14,16,21H,8,10-11,13H2,1-2H3,(H,23,24)/t14-,16-/m0/s1. The smallest absolute Gasteiger partial charge is 0.223 e. The van der Waals surface area contributed by atoms with Gasteiger partial charge in [0.2, 0.25) is 11.8 Å². The first-order chi connectivity index (χ1) is 12.6. The van der Waals surface area contributed by atoms with Crippen molar-refractivity contribution in [3.05, 3.63) is 48.2 Å². The molecule has 1 saturated heterocycles. The number of carbonyl (C=O) groups excluding carboxylic acids is 1. The number of ether oxygens (including phenoxy) is 2. The lowest BCUT2D eigenvalue weighted by atomic mass is 9.92. The Hall–Kier alpha value is -2.60. The van der Waals surface area contributed by atoms with Gasteiger partial charge in [0.15, 0.2) is 0 Å². The van der Waals surface area contributed by atoms with Gasteiger partial charge in [-0.3, -0.25) is 4.79 Å². The van der Waals surface area contributed by atoms with Crippen LogP contribution in [-0.4, -0.2) is 30.6 Å². The van der Waals surface area contributed by atoms with Gasteiger partial charge in [-0.2, -0.15) is 0 Å². The average Bonchev–Trinajstić information content (AvgIpc) is 2.67. The molecule has 26 heavy (non-hydrogen) atoms. The van der Waals surface area contributed by atoms with Gasteiger partial charge in [-0.1, -0.05) is 0 Å². The summed E-state index contributed by atoms with van der Waals surface area (Å²) >= 11 is 0. The van der Waals surface area contributed by atoms with E-state index >= 15 is 0 Å². The molecular formula is C20H25N3O3. The first kappa shape index (κ1) is 18.2. The quantitative estimate of drug-likeness (QED) is 0.834. The van der Waals surface area contributed by atoms with E-state index in [4.69, 9.17) is 9.47 Å². The van der Waals surface area contributed by atoms with Gasteiger partial charge in [-0.15, -0.1) is 0 Å². The van der Waals surface area contributed by atoms with Gasteiger partial charge in [-0.05, 0) is 62.2 Å². The van der Waals surface area contributed by atoms with E-state index in [1.165, 1.54) is 0 Å². The summed E-state index contributed by atoms with van der Waals surface area (Å²) in [6.07, 6.45) is 3.46. The molecule has 1 aromatic carbocycles. The van der Waals surface area contributed by atoms with E-state index in [0.29, 0.717) is 24.2 Å². The van der Waals surface area contributed by atoms with E-state index in [1.807, 2.05) is 36.4 Å². The average molecular weight is 355 g/mol. The predicted molar refractivity (Wildman–Crippen MR) is 99.3 cm³/mol. The summed E-state index contributed by atoms with van der Waals surface area (Å²) in [5, 5.41) is 6.39. The van der Waals surface area contributed by atoms with Crippen molar-refractivity contribution in [1.82, 2.24) is 15.6 Å². The van der Waals surface area contributed by atoms with Gasteiger partial charge < -0.3 is 20.1 Å². The molecule has 0 bridgehead atoms. The molecule has 2 heterocycles. The zero-order chi connectivity index (χ0) is 18.4. The van der Waals surface area contributed by atoms with Crippen LogP contribution in [0.25, 0.3) is 0 Å². The summed E-state index contributed by atoms with van der Waals surface area (Å²) in [4.78, 5) is 16.6. The van der Waals surface area contributed by atoms with Crippen LogP contribution in [0.5, 0.6) is 17.4 Å². The summed E-state index contributed by atoms with van der Waals surface area (Å²) in [7, 11) is 1.62. The number of nitrogens with zero attached hydrogens (tertiary/aromatic N) is 1. The maximum absolute atomic E-state index is 12.4. The molecule has 1 aliphatic heterocycles. The molecule has 2 N–H and O–H groups in total. The number of aromatic nitrogens is 1. The summed E-state index contributed by atoms with van der Waals surface area (Å²) in [6, 6.07) is 11.4. The lowest BCUT2D eigenvalue weighted by molar-refractivity contribution is -0.126. The van der Waals surface area contributed by atoms with Gasteiger partial charge >= 0.3 is 0 Å². The molecule has 2 aromatic rings. The number of pyridine rings is 1. The first-order valence-electron chi connectivity index (χ1n) is 8.92. The van der Waals surface area contributed by atoms with Crippen molar-refractivity contribution in [2.45, 2.75) is 32.4 Å². The third-order valence-corrected chi connectivity index (χ3v) is 4.54. The van der Waals surface area contributed by atoms with Crippen LogP contribution in [0.15, 0.2) is 42.6 Å². The summed E-state index contributed by atoms with van der Waals surface area (Å²) < 4.78 is 10.9. The monoisotopic (exact) mass is 355 g/mol. The summed E-state index contributed by atoms with van der Waals surface area (Å²) in [6.45, 7) is 3.48. The molecule has 1 amide bonds. The Balaban J connectivity index is 1.55. The minimum absolute atomic E-state index is 0.0862. The molecule has 0 spiro atoms. The molecule has 0 saturated carbocycles. The lowest BCUT2D eigenvalue weighted by Gasteiger charge is -2.27. The van der Waals surface area contributed by atoms with Crippen LogP contribution in [0.2, 0.25) is 0 Å². The first-order valence-corrected chi connectivity index (χ1v) is 8.92. The Morgan fingerprint density at radius 1 is 1.27 bits per heavy atom. The number of amides is 1. The van der Waals surface area contributed by atoms with Crippen molar-refractivity contribution in [1.29, 1.82) is 0 Å². The van der Waals surface area contributed by atoms with E-state index < -0.39 is 0 Å². The highest BCUT2D eigenvalue weighted by atomic mass is 16.5. The van der Waals surface area contributed by atoms with E-state index in [-0.39, 0.29) is 11.8 Å². The Morgan fingerprint density at radius 3 is 2.77 bits per heavy atom. The van der Waals surface area contributed by atoms with Crippen LogP contribution in [0.4, 0.5) is 0 Å². The molecule has 138 valence electrons. The van der Waals surface area contributed by atoms with E-state index in [1.54, 1.807) is 13.3 Å². The van der Waals surface area contributed by atoms with Gasteiger partial charge in [-0.25, -0.2) is 4.98 Å². The Labute approximate surface area is 153 Å². The molecular weight excluding hydrogens is 330 g/mol. The zero-order valence-corrected chi connectivity index (χ0v) is 15.2. The molecule has 2 atom stereocenters. The van der Waals surface area contributed by atoms with E-state index in [9.17, 15) is 4.79 Å². The highest BCUT2D eigenvalue weighted by Crippen LogP contribution is 2.23. The van der Waals surface area contributed by atoms with Crippen molar-refractivity contribution in [3.63, 3.8) is 0 Å². The molecule has 0 unspecified atom stereocenters. The van der Waals surface area contributed by atoms with Crippen LogP contribution in [0.1, 0.15) is 25.3 Å². The number of piperidine rings is 1. The third kappa shape index (κ3) is 4.95. The number of hydrogen-bond acceptors (Lipinski definition) is 5. The van der Waals surface area contributed by atoms with E-state index in [0.717, 1.165) is 30.7 Å². The fraction of sp³-hybridized carbons (Fsp3) is 0.400. The van der Waals surface area contributed by atoms with Crippen molar-refractivity contribution < 1.29 is 14.3 Å². The second-order valence-electron chi connectivity index (χ2n) is 6.57. The molecule has 6 heteroatoms. The van der Waals surface area contributed by atoms with Gasteiger partial charge in [0.25, 0.3) is 0 Å². The molecule has 1 aromatic heterocycles. The van der Waals surface area contributed by atoms with Crippen LogP contribution < -0.4 is 20.1 Å². The lowest BCUT2D eigenvalue weighted by Crippen LogP contribution is -2.42. The normalized spacial score (nSPS) is 19.6. The van der Waals surface area contributed by atoms with Crippen LogP contribution in [0, 0.1) is 5.92 Å². The van der Waals surface area contributed by atoms with Crippen LogP contribution in [0.3, 0.4) is 0 Å². The zero-order valence-electron chi connectivity index (χ0n) is 15.2. The SMILES string of the molecule is COc1ccc(Oc2cc(CNC(=O)[C@H]3CCN[C@@H](C)C3)ccn2)cc1. The highest BCUT2D eigenvalue weighted by Gasteiger charge is 2.24. The van der Waals surface area contributed by atoms with Crippen molar-refractivity contribution >= 4 is 5.91 Å². The van der Waals surface area contributed by atoms with Crippen LogP contribution >= 0.6 is 0 Å². The topological polar surface area (TPSA) is 72.5 Å². The second kappa shape index (κ2) is 8.67. The molecule has 1 fully saturated rings. The van der Waals surface area contributed by atoms with E-state index in [2.05, 4.69) is 22.5 Å². The summed E-state index contributed by atoms with van der Waals surface area (Å²) in [5.74, 6) is 2.16. The molecule has 6 nitrogen and oxygen atoms in total. The maximum Gasteiger partial charge on any atom is 0.223 e. The number of rotatable bonds is 6. The molecule has 0 radical (unpaired) electrons. The number of nitrogens with one attached hydrogen (secondary N) is 2. The van der Waals surface area contributed by atoms with Crippen molar-refractivity contribution in [2.75, 3.05) is 13.7 Å². The Morgan fingerprint density at radius 2 is 2.04 bits per heavy atom. The maximum atomic E-state index is 12.4. The van der Waals surface area contributed by atoms with Gasteiger partial charge in [0, 0.05) is 30.8 Å². The van der Waals surface area contributed by atoms with Gasteiger partial charge in [0.1, 0.15) is 11.5 Å². The minimum atomic E-state index is 0.0862. The van der Waals surface area contributed by atoms with Crippen LogP contribution in [-0.2, 0) is 11.3 Å². The minimum Gasteiger partial charge on any atom is -0.497 e. The van der Waals surface area contributed by atoms with Gasteiger partial charge in [0.05, 0.1) is 7.11 Å². The molecule has 1 aliphatic rings. The van der Waals surface area contributed by atoms with Crippen molar-refractivity contribution in [2.24, 2.45) is 5.92 Å². The Bertz CT molecular complexity index is 733. The second-order valence-corrected chi connectivity index (χ2v) is 6.57. The fourth-order valence-electron chi connectivity index (χ4n) is 3.08. The predicted octanol–water partition coefficient (Wildman–Crippen LogP) is 2.89. The largest absolute Gasteiger partial charge is 0.497 e. The molecule has 3 rings (SSSR count). The molecule has 0 aliphatic carbocycles. The highest BCUT2D eigenvalue weighted by molar-refractivity contribution is 5.78. The number of carbonyl (C=O) groups is 1. The number of methoxy groups -OCH3 is 1. The third-order valence-electron chi connectivity index (χ3n) is 4.54. The summed E-state index contributed by atoms with van der Waals surface area (Å²) in [5.41, 5.74) is 0.957.